The van der Waals surface area contributed by atoms with Crippen molar-refractivity contribution in [2.75, 3.05) is 0 Å². The van der Waals surface area contributed by atoms with Crippen LogP contribution in [0.4, 0.5) is 0 Å². The van der Waals surface area contributed by atoms with E-state index in [0.29, 0.717) is 5.41 Å². The minimum Gasteiger partial charge on any atom is -0.432 e. The zero-order valence-corrected chi connectivity index (χ0v) is 13.2. The predicted octanol–water partition coefficient (Wildman–Crippen LogP) is 3.45. The quantitative estimate of drug-likeness (QED) is 0.788. The summed E-state index contributed by atoms with van der Waals surface area (Å²) in [6.07, 6.45) is 8.04. The number of nitrogens with zero attached hydrogens (tertiary/aromatic N) is 1. The number of esters is 1. The molecule has 1 fully saturated rings. The van der Waals surface area contributed by atoms with Crippen LogP contribution in [0, 0.1) is 5.41 Å². The lowest BCUT2D eigenvalue weighted by molar-refractivity contribution is -0.141. The second kappa shape index (κ2) is 5.32. The van der Waals surface area contributed by atoms with Crippen molar-refractivity contribution in [2.24, 2.45) is 10.4 Å². The first-order valence-electron chi connectivity index (χ1n) is 7.97. The Morgan fingerprint density at radius 2 is 2.24 bits per heavy atom. The summed E-state index contributed by atoms with van der Waals surface area (Å²) in [6, 6.07) is 0. The van der Waals surface area contributed by atoms with Crippen molar-refractivity contribution in [2.45, 2.75) is 65.5 Å². The molecule has 1 N–H and O–H groups in total. The van der Waals surface area contributed by atoms with Crippen LogP contribution in [0.5, 0.6) is 0 Å². The number of carbonyl (C=O) groups is 1. The molecule has 3 rings (SSSR count). The van der Waals surface area contributed by atoms with Crippen LogP contribution < -0.4 is 5.32 Å². The number of aliphatic imine (C=N–C) groups is 1. The van der Waals surface area contributed by atoms with Gasteiger partial charge in [0, 0.05) is 23.8 Å². The Balaban J connectivity index is 1.74. The highest BCUT2D eigenvalue weighted by Crippen LogP contribution is 2.49. The third kappa shape index (κ3) is 3.04. The van der Waals surface area contributed by atoms with Gasteiger partial charge in [0.05, 0.1) is 0 Å². The summed E-state index contributed by atoms with van der Waals surface area (Å²) in [4.78, 5) is 16.3. The molecule has 2 heterocycles. The van der Waals surface area contributed by atoms with Gasteiger partial charge >= 0.3 is 5.97 Å². The summed E-state index contributed by atoms with van der Waals surface area (Å²) in [7, 11) is 0. The average Bonchev–Trinajstić information content (AvgIpc) is 3.15. The molecular formula is C17H24N2O2. The summed E-state index contributed by atoms with van der Waals surface area (Å²) in [5.74, 6) is 0.631. The number of fused-ring (bicyclic) bond motifs is 1. The fraction of sp³-hybridized carbons (Fsp3) is 0.647. The Hall–Kier alpha value is -1.58. The molecule has 0 aromatic rings. The molecule has 114 valence electrons. The smallest absolute Gasteiger partial charge is 0.333 e. The number of amidine groups is 1. The highest BCUT2D eigenvalue weighted by molar-refractivity contribution is 5.89. The first-order valence-corrected chi connectivity index (χ1v) is 7.97. The highest BCUT2D eigenvalue weighted by atomic mass is 16.6. The summed E-state index contributed by atoms with van der Waals surface area (Å²) in [6.45, 7) is 6.44. The van der Waals surface area contributed by atoms with E-state index in [1.54, 1.807) is 6.08 Å². The number of carbonyl (C=O) groups excluding carboxylic acids is 1. The van der Waals surface area contributed by atoms with Gasteiger partial charge in [0.15, 0.2) is 0 Å². The molecule has 0 bridgehead atoms. The van der Waals surface area contributed by atoms with Crippen molar-refractivity contribution in [3.8, 4) is 0 Å². The van der Waals surface area contributed by atoms with Crippen LogP contribution in [0.15, 0.2) is 27.9 Å². The van der Waals surface area contributed by atoms with Gasteiger partial charge in [-0.25, -0.2) is 9.79 Å². The van der Waals surface area contributed by atoms with Gasteiger partial charge in [-0.1, -0.05) is 13.8 Å². The minimum absolute atomic E-state index is 0.259. The van der Waals surface area contributed by atoms with Gasteiger partial charge in [0.2, 0.25) is 6.23 Å². The molecule has 1 saturated carbocycles. The van der Waals surface area contributed by atoms with E-state index in [2.05, 4.69) is 17.2 Å². The van der Waals surface area contributed by atoms with E-state index in [1.165, 1.54) is 19.3 Å². The number of hydrogen-bond acceptors (Lipinski definition) is 4. The van der Waals surface area contributed by atoms with Gasteiger partial charge in [0.25, 0.3) is 0 Å². The van der Waals surface area contributed by atoms with E-state index in [1.807, 2.05) is 13.8 Å². The third-order valence-electron chi connectivity index (χ3n) is 4.79. The zero-order valence-electron chi connectivity index (χ0n) is 13.2. The van der Waals surface area contributed by atoms with E-state index in [0.717, 1.165) is 41.9 Å². The van der Waals surface area contributed by atoms with Crippen LogP contribution in [0.2, 0.25) is 0 Å². The molecule has 4 nitrogen and oxygen atoms in total. The fourth-order valence-electron chi connectivity index (χ4n) is 3.11. The number of hydrogen-bond donors (Lipinski definition) is 1. The topological polar surface area (TPSA) is 50.7 Å². The Morgan fingerprint density at radius 3 is 2.90 bits per heavy atom. The molecule has 1 atom stereocenters. The molecule has 2 aliphatic heterocycles. The second-order valence-corrected chi connectivity index (χ2v) is 6.72. The molecule has 1 unspecified atom stereocenters. The molecule has 0 aromatic carbocycles. The van der Waals surface area contributed by atoms with Crippen LogP contribution in [-0.4, -0.2) is 18.0 Å². The summed E-state index contributed by atoms with van der Waals surface area (Å²) in [5, 5.41) is 3.33. The van der Waals surface area contributed by atoms with Crippen molar-refractivity contribution >= 4 is 11.8 Å². The number of nitrogens with one attached hydrogen (secondary N) is 1. The molecule has 0 amide bonds. The van der Waals surface area contributed by atoms with Crippen molar-refractivity contribution < 1.29 is 9.53 Å². The number of ether oxygens (including phenoxy) is 1. The first kappa shape index (κ1) is 14.4. The van der Waals surface area contributed by atoms with Gasteiger partial charge in [0.1, 0.15) is 5.84 Å². The highest BCUT2D eigenvalue weighted by Gasteiger charge is 2.37. The predicted molar refractivity (Wildman–Crippen MR) is 82.7 cm³/mol. The van der Waals surface area contributed by atoms with Crippen molar-refractivity contribution in [1.29, 1.82) is 0 Å². The SMILES string of the molecule is CCC1=NC2OC(=O)C=C(CCCC3(C)CC3)C2=C(C)N1. The summed E-state index contributed by atoms with van der Waals surface area (Å²) < 4.78 is 5.38. The number of rotatable bonds is 5. The van der Waals surface area contributed by atoms with Crippen molar-refractivity contribution in [3.63, 3.8) is 0 Å². The molecule has 4 heteroatoms. The molecule has 0 saturated heterocycles. The van der Waals surface area contributed by atoms with Crippen LogP contribution in [0.3, 0.4) is 0 Å². The lowest BCUT2D eigenvalue weighted by atomic mass is 9.91. The molecule has 21 heavy (non-hydrogen) atoms. The maximum atomic E-state index is 11.8. The normalized spacial score (nSPS) is 26.4. The fourth-order valence-corrected chi connectivity index (χ4v) is 3.11. The molecule has 0 aromatic heterocycles. The molecule has 0 radical (unpaired) electrons. The number of allylic oxidation sites excluding steroid dienone is 1. The monoisotopic (exact) mass is 288 g/mol. The van der Waals surface area contributed by atoms with Crippen LogP contribution in [-0.2, 0) is 9.53 Å². The third-order valence-corrected chi connectivity index (χ3v) is 4.79. The van der Waals surface area contributed by atoms with Crippen LogP contribution in [0.1, 0.15) is 59.3 Å². The van der Waals surface area contributed by atoms with Gasteiger partial charge in [-0.05, 0) is 50.0 Å². The van der Waals surface area contributed by atoms with E-state index in [-0.39, 0.29) is 5.97 Å². The average molecular weight is 288 g/mol. The van der Waals surface area contributed by atoms with Crippen LogP contribution in [0.25, 0.3) is 0 Å². The van der Waals surface area contributed by atoms with Gasteiger partial charge in [-0.15, -0.1) is 0 Å². The Labute approximate surface area is 126 Å². The molecule has 3 aliphatic rings. The Bertz CT molecular complexity index is 553. The van der Waals surface area contributed by atoms with Gasteiger partial charge in [-0.2, -0.15) is 0 Å². The molecule has 0 spiro atoms. The van der Waals surface area contributed by atoms with E-state index in [4.69, 9.17) is 4.74 Å². The second-order valence-electron chi connectivity index (χ2n) is 6.72. The summed E-state index contributed by atoms with van der Waals surface area (Å²) in [5.41, 5.74) is 3.80. The minimum atomic E-state index is -0.440. The van der Waals surface area contributed by atoms with Crippen molar-refractivity contribution in [3.05, 3.63) is 22.9 Å². The van der Waals surface area contributed by atoms with Crippen molar-refractivity contribution in [1.82, 2.24) is 5.32 Å². The summed E-state index contributed by atoms with van der Waals surface area (Å²) >= 11 is 0. The van der Waals surface area contributed by atoms with Gasteiger partial charge in [-0.3, -0.25) is 0 Å². The van der Waals surface area contributed by atoms with E-state index < -0.39 is 6.23 Å². The Kier molecular flexibility index (Phi) is 3.64. The largest absolute Gasteiger partial charge is 0.432 e. The van der Waals surface area contributed by atoms with E-state index in [9.17, 15) is 4.79 Å². The van der Waals surface area contributed by atoms with Gasteiger partial charge < -0.3 is 10.1 Å². The molecular weight excluding hydrogens is 264 g/mol. The Morgan fingerprint density at radius 1 is 1.48 bits per heavy atom. The standard InChI is InChI=1S/C17H24N2O2/c1-4-13-18-11(2)15-12(6-5-7-17(3)8-9-17)10-14(20)21-16(15)19-13/h10,16H,4-9H2,1-3H3,(H,18,19). The maximum absolute atomic E-state index is 11.8. The maximum Gasteiger partial charge on any atom is 0.333 e. The van der Waals surface area contributed by atoms with Crippen LogP contribution >= 0.6 is 0 Å². The first-order chi connectivity index (χ1) is 10.0. The lowest BCUT2D eigenvalue weighted by Crippen LogP contribution is -2.36. The van der Waals surface area contributed by atoms with E-state index >= 15 is 0 Å². The molecule has 1 aliphatic carbocycles. The lowest BCUT2D eigenvalue weighted by Gasteiger charge is -2.30. The zero-order chi connectivity index (χ0) is 15.0.